The number of alkyl carbamates (subject to hydrolysis) is 1. The molecule has 0 fully saturated rings. The van der Waals surface area contributed by atoms with E-state index in [0.717, 1.165) is 5.56 Å². The molecule has 1 rings (SSSR count). The molecule has 20 heteroatoms. The molecular formula is C38H59N5O15. The number of esters is 3. The highest BCUT2D eigenvalue weighted by Gasteiger charge is 2.34. The van der Waals surface area contributed by atoms with Crippen LogP contribution in [-0.2, 0) is 73.3 Å². The smallest absolute Gasteiger partial charge is 0.407 e. The van der Waals surface area contributed by atoms with Crippen LogP contribution in [0.25, 0.3) is 0 Å². The van der Waals surface area contributed by atoms with Gasteiger partial charge in [-0.15, -0.1) is 0 Å². The summed E-state index contributed by atoms with van der Waals surface area (Å²) < 4.78 is 35.6. The lowest BCUT2D eigenvalue weighted by Crippen LogP contribution is -2.53. The highest BCUT2D eigenvalue weighted by atomic mass is 16.6. The van der Waals surface area contributed by atoms with Gasteiger partial charge in [-0.2, -0.15) is 0 Å². The van der Waals surface area contributed by atoms with Crippen LogP contribution in [0.1, 0.15) is 64.9 Å². The summed E-state index contributed by atoms with van der Waals surface area (Å²) >= 11 is 0. The normalized spacial score (nSPS) is 10.7. The summed E-state index contributed by atoms with van der Waals surface area (Å²) in [7, 11) is 0. The molecule has 0 atom stereocenters. The van der Waals surface area contributed by atoms with E-state index in [2.05, 4.69) is 26.6 Å². The lowest BCUT2D eigenvalue weighted by Gasteiger charge is -2.35. The second kappa shape index (κ2) is 31.7. The van der Waals surface area contributed by atoms with Gasteiger partial charge in [0.1, 0.15) is 33.0 Å². The van der Waals surface area contributed by atoms with Crippen LogP contribution in [0.3, 0.4) is 0 Å². The van der Waals surface area contributed by atoms with Crippen LogP contribution in [0, 0.1) is 0 Å². The fourth-order valence-electron chi connectivity index (χ4n) is 4.98. The SMILES string of the molecule is CC(=O)OCCOCCNC(=O)CCC(CCC(=O)NCCOCCOC(C)=O)(CCC(=O)NCCOCCOC(C)=O)NC(=O)CNC(=O)OCc1ccccc1. The Morgan fingerprint density at radius 1 is 0.483 bits per heavy atom. The van der Waals surface area contributed by atoms with E-state index in [4.69, 9.17) is 33.2 Å². The van der Waals surface area contributed by atoms with Gasteiger partial charge in [0.2, 0.25) is 23.6 Å². The number of ether oxygens (including phenoxy) is 7. The first-order valence-electron chi connectivity index (χ1n) is 19.0. The minimum absolute atomic E-state index is 0.00934. The zero-order valence-corrected chi connectivity index (χ0v) is 33.7. The predicted octanol–water partition coefficient (Wildman–Crippen LogP) is 0.196. The lowest BCUT2D eigenvalue weighted by atomic mass is 9.83. The molecule has 5 amide bonds. The Morgan fingerprint density at radius 3 is 1.26 bits per heavy atom. The summed E-state index contributed by atoms with van der Waals surface area (Å²) in [6, 6.07) is 8.94. The van der Waals surface area contributed by atoms with E-state index in [0.29, 0.717) is 0 Å². The van der Waals surface area contributed by atoms with Gasteiger partial charge in [0, 0.05) is 65.2 Å². The maximum atomic E-state index is 13.4. The van der Waals surface area contributed by atoms with E-state index in [9.17, 15) is 38.4 Å². The number of hydrogen-bond acceptors (Lipinski definition) is 15. The number of benzene rings is 1. The summed E-state index contributed by atoms with van der Waals surface area (Å²) in [5, 5.41) is 13.4. The van der Waals surface area contributed by atoms with Crippen molar-refractivity contribution in [3.05, 3.63) is 35.9 Å². The largest absolute Gasteiger partial charge is 0.463 e. The zero-order chi connectivity index (χ0) is 42.9. The quantitative estimate of drug-likeness (QED) is 0.0369. The summed E-state index contributed by atoms with van der Waals surface area (Å²) in [5.41, 5.74) is -0.535. The zero-order valence-electron chi connectivity index (χ0n) is 33.7. The van der Waals surface area contributed by atoms with Crippen molar-refractivity contribution in [3.8, 4) is 0 Å². The highest BCUT2D eigenvalue weighted by Crippen LogP contribution is 2.26. The molecule has 0 aromatic heterocycles. The Hall–Kier alpha value is -5.34. The van der Waals surface area contributed by atoms with Gasteiger partial charge in [-0.25, -0.2) is 4.79 Å². The fourth-order valence-corrected chi connectivity index (χ4v) is 4.98. The van der Waals surface area contributed by atoms with Gasteiger partial charge in [0.15, 0.2) is 0 Å². The molecule has 326 valence electrons. The standard InChI is InChI=1S/C38H59N5O15/c1-29(44)55-24-21-52-18-15-39-33(47)9-12-38(13-10-34(48)40-16-19-53-22-25-56-30(2)45,14-11-35(49)41-17-20-54-23-26-57-31(3)46)43-36(50)27-42-37(51)58-28-32-7-5-4-6-8-32/h4-8H,9-28H2,1-3H3,(H,39,47)(H,40,48)(H,41,49)(H,42,51)(H,43,50). The summed E-state index contributed by atoms with van der Waals surface area (Å²) in [4.78, 5) is 97.3. The van der Waals surface area contributed by atoms with E-state index in [1.165, 1.54) is 20.8 Å². The van der Waals surface area contributed by atoms with Gasteiger partial charge < -0.3 is 59.7 Å². The molecule has 1 aromatic carbocycles. The van der Waals surface area contributed by atoms with Crippen LogP contribution >= 0.6 is 0 Å². The maximum absolute atomic E-state index is 13.4. The van der Waals surface area contributed by atoms with Crippen LogP contribution in [-0.4, -0.2) is 139 Å². The molecule has 0 saturated heterocycles. The van der Waals surface area contributed by atoms with Gasteiger partial charge in [-0.3, -0.25) is 33.6 Å². The molecule has 0 bridgehead atoms. The van der Waals surface area contributed by atoms with Gasteiger partial charge in [-0.05, 0) is 24.8 Å². The first kappa shape index (κ1) is 50.7. The third kappa shape index (κ3) is 29.0. The lowest BCUT2D eigenvalue weighted by molar-refractivity contribution is -0.143. The first-order valence-corrected chi connectivity index (χ1v) is 19.0. The number of amides is 5. The van der Waals surface area contributed by atoms with Gasteiger partial charge >= 0.3 is 24.0 Å². The predicted molar refractivity (Wildman–Crippen MR) is 205 cm³/mol. The molecule has 1 aromatic rings. The van der Waals surface area contributed by atoms with Crippen LogP contribution in [0.4, 0.5) is 4.79 Å². The second-order valence-electron chi connectivity index (χ2n) is 12.7. The Balaban J connectivity index is 2.98. The minimum Gasteiger partial charge on any atom is -0.463 e. The summed E-state index contributed by atoms with van der Waals surface area (Å²) in [6.45, 7) is 4.79. The maximum Gasteiger partial charge on any atom is 0.407 e. The van der Waals surface area contributed by atoms with Crippen molar-refractivity contribution in [2.45, 2.75) is 71.4 Å². The Bertz CT molecular complexity index is 1310. The fraction of sp³-hybridized carbons (Fsp3) is 0.632. The average molecular weight is 826 g/mol. The van der Waals surface area contributed by atoms with Crippen molar-refractivity contribution in [3.63, 3.8) is 0 Å². The topological polar surface area (TPSA) is 261 Å². The number of hydrogen-bond donors (Lipinski definition) is 5. The summed E-state index contributed by atoms with van der Waals surface area (Å²) in [5.74, 6) is -3.15. The molecule has 58 heavy (non-hydrogen) atoms. The molecule has 5 N–H and O–H groups in total. The van der Waals surface area contributed by atoms with Crippen LogP contribution in [0.2, 0.25) is 0 Å². The molecule has 0 saturated carbocycles. The van der Waals surface area contributed by atoms with Gasteiger partial charge in [0.05, 0.1) is 39.6 Å². The van der Waals surface area contributed by atoms with E-state index in [-0.39, 0.29) is 124 Å². The van der Waals surface area contributed by atoms with E-state index >= 15 is 0 Å². The van der Waals surface area contributed by atoms with Gasteiger partial charge in [0.25, 0.3) is 0 Å². The van der Waals surface area contributed by atoms with Crippen molar-refractivity contribution < 1.29 is 71.5 Å². The Morgan fingerprint density at radius 2 is 0.879 bits per heavy atom. The van der Waals surface area contributed by atoms with E-state index < -0.39 is 59.7 Å². The number of nitrogens with one attached hydrogen (secondary N) is 5. The molecule has 0 aliphatic rings. The van der Waals surface area contributed by atoms with Crippen LogP contribution in [0.15, 0.2) is 30.3 Å². The van der Waals surface area contributed by atoms with Crippen molar-refractivity contribution in [1.29, 1.82) is 0 Å². The second-order valence-corrected chi connectivity index (χ2v) is 12.7. The monoisotopic (exact) mass is 825 g/mol. The minimum atomic E-state index is -1.28. The molecule has 0 radical (unpaired) electrons. The number of carbonyl (C=O) groups is 8. The summed E-state index contributed by atoms with van der Waals surface area (Å²) in [6.07, 6.45) is -1.16. The Labute approximate surface area is 338 Å². The van der Waals surface area contributed by atoms with E-state index in [1.54, 1.807) is 24.3 Å². The van der Waals surface area contributed by atoms with Gasteiger partial charge in [-0.1, -0.05) is 30.3 Å². The molecule has 20 nitrogen and oxygen atoms in total. The van der Waals surface area contributed by atoms with Crippen molar-refractivity contribution in [2.75, 3.05) is 85.6 Å². The molecular weight excluding hydrogens is 766 g/mol. The first-order chi connectivity index (χ1) is 27.8. The average Bonchev–Trinajstić information content (AvgIpc) is 3.18. The molecule has 0 spiro atoms. The third-order valence-electron chi connectivity index (χ3n) is 7.81. The molecule has 0 aliphatic carbocycles. The number of carbonyl (C=O) groups excluding carboxylic acids is 8. The van der Waals surface area contributed by atoms with Crippen LogP contribution < -0.4 is 26.6 Å². The molecule has 0 heterocycles. The van der Waals surface area contributed by atoms with Crippen molar-refractivity contribution in [2.24, 2.45) is 0 Å². The third-order valence-corrected chi connectivity index (χ3v) is 7.81. The molecule has 0 unspecified atom stereocenters. The van der Waals surface area contributed by atoms with Crippen molar-refractivity contribution >= 4 is 47.6 Å². The molecule has 0 aliphatic heterocycles. The van der Waals surface area contributed by atoms with E-state index in [1.807, 2.05) is 6.07 Å². The van der Waals surface area contributed by atoms with Crippen molar-refractivity contribution in [1.82, 2.24) is 26.6 Å². The van der Waals surface area contributed by atoms with Crippen LogP contribution in [0.5, 0.6) is 0 Å². The number of rotatable bonds is 32. The Kier molecular flexibility index (Phi) is 27.7. The highest BCUT2D eigenvalue weighted by molar-refractivity contribution is 5.83.